The van der Waals surface area contributed by atoms with Gasteiger partial charge in [0.15, 0.2) is 0 Å². The molecule has 0 spiro atoms. The second-order valence-electron chi connectivity index (χ2n) is 4.18. The minimum Gasteiger partial charge on any atom is -0.352 e. The van der Waals surface area contributed by atoms with Gasteiger partial charge in [-0.25, -0.2) is 0 Å². The number of benzene rings is 1. The summed E-state index contributed by atoms with van der Waals surface area (Å²) in [6, 6.07) is 6.32. The van der Waals surface area contributed by atoms with Gasteiger partial charge in [0.2, 0.25) is 5.91 Å². The highest BCUT2D eigenvalue weighted by Crippen LogP contribution is 2.17. The summed E-state index contributed by atoms with van der Waals surface area (Å²) < 4.78 is 0. The van der Waals surface area contributed by atoms with Gasteiger partial charge in [-0.3, -0.25) is 14.9 Å². The number of amides is 1. The van der Waals surface area contributed by atoms with E-state index >= 15 is 0 Å². The quantitative estimate of drug-likeness (QED) is 0.588. The molecule has 1 amide bonds. The smallest absolute Gasteiger partial charge is 0.274 e. The largest absolute Gasteiger partial charge is 0.352 e. The van der Waals surface area contributed by atoms with E-state index in [0.29, 0.717) is 18.4 Å². The molecule has 0 heterocycles. The maximum Gasteiger partial charge on any atom is 0.274 e. The monoisotopic (exact) mass is 251 g/mol. The van der Waals surface area contributed by atoms with E-state index in [9.17, 15) is 14.9 Å². The zero-order valence-corrected chi connectivity index (χ0v) is 10.3. The second kappa shape index (κ2) is 6.70. The van der Waals surface area contributed by atoms with Crippen LogP contribution < -0.4 is 11.1 Å². The van der Waals surface area contributed by atoms with Gasteiger partial charge in [0, 0.05) is 30.6 Å². The van der Waals surface area contributed by atoms with Crippen molar-refractivity contribution in [3.63, 3.8) is 0 Å². The van der Waals surface area contributed by atoms with Crippen molar-refractivity contribution < 1.29 is 9.72 Å². The van der Waals surface area contributed by atoms with Gasteiger partial charge in [-0.1, -0.05) is 18.2 Å². The number of nitrogens with two attached hydrogens (primary N) is 1. The molecule has 18 heavy (non-hydrogen) atoms. The van der Waals surface area contributed by atoms with E-state index in [1.54, 1.807) is 18.2 Å². The molecule has 0 radical (unpaired) electrons. The fraction of sp³-hybridized carbons (Fsp3) is 0.417. The van der Waals surface area contributed by atoms with Crippen molar-refractivity contribution in [1.29, 1.82) is 0 Å². The first kappa shape index (κ1) is 14.1. The molecule has 0 aliphatic heterocycles. The Hall–Kier alpha value is -1.95. The van der Waals surface area contributed by atoms with Crippen LogP contribution in [0.2, 0.25) is 0 Å². The first-order chi connectivity index (χ1) is 8.50. The zero-order chi connectivity index (χ0) is 13.5. The lowest BCUT2D eigenvalue weighted by Crippen LogP contribution is -2.25. The Labute approximate surface area is 105 Å². The van der Waals surface area contributed by atoms with Crippen molar-refractivity contribution in [2.75, 3.05) is 0 Å². The molecule has 3 N–H and O–H groups in total. The summed E-state index contributed by atoms with van der Waals surface area (Å²) in [6.45, 7) is 1.99. The second-order valence-corrected chi connectivity index (χ2v) is 4.18. The average Bonchev–Trinajstić information content (AvgIpc) is 2.34. The molecule has 0 fully saturated rings. The minimum absolute atomic E-state index is 0.0185. The predicted octanol–water partition coefficient (Wildman–Crippen LogP) is 1.34. The molecule has 0 saturated carbocycles. The third-order valence-electron chi connectivity index (χ3n) is 2.49. The molecule has 0 aliphatic carbocycles. The molecule has 0 saturated heterocycles. The number of nitro benzene ring substituents is 1. The van der Waals surface area contributed by atoms with Crippen LogP contribution in [0.3, 0.4) is 0 Å². The summed E-state index contributed by atoms with van der Waals surface area (Å²) in [4.78, 5) is 21.8. The zero-order valence-electron chi connectivity index (χ0n) is 10.3. The molecule has 6 nitrogen and oxygen atoms in total. The highest BCUT2D eigenvalue weighted by Gasteiger charge is 2.12. The van der Waals surface area contributed by atoms with Gasteiger partial charge >= 0.3 is 0 Å². The topological polar surface area (TPSA) is 98.3 Å². The van der Waals surface area contributed by atoms with Crippen LogP contribution in [0.15, 0.2) is 24.3 Å². The lowest BCUT2D eigenvalue weighted by Gasteiger charge is -2.07. The van der Waals surface area contributed by atoms with E-state index < -0.39 is 4.92 Å². The SMILES string of the molecule is CC(N)CCC(=O)NCc1ccccc1[N+](=O)[O-]. The Kier molecular flexibility index (Phi) is 5.26. The van der Waals surface area contributed by atoms with Crippen molar-refractivity contribution in [3.8, 4) is 0 Å². The van der Waals surface area contributed by atoms with Crippen molar-refractivity contribution in [2.45, 2.75) is 32.4 Å². The van der Waals surface area contributed by atoms with Gasteiger partial charge in [0.05, 0.1) is 4.92 Å². The van der Waals surface area contributed by atoms with Crippen LogP contribution in [-0.2, 0) is 11.3 Å². The Morgan fingerprint density at radius 3 is 2.78 bits per heavy atom. The van der Waals surface area contributed by atoms with Crippen molar-refractivity contribution in [2.24, 2.45) is 5.73 Å². The summed E-state index contributed by atoms with van der Waals surface area (Å²) in [6.07, 6.45) is 0.932. The summed E-state index contributed by atoms with van der Waals surface area (Å²) >= 11 is 0. The molecule has 1 rings (SSSR count). The molecule has 0 aromatic heterocycles. The Morgan fingerprint density at radius 1 is 1.50 bits per heavy atom. The molecule has 1 atom stereocenters. The number of hydrogen-bond acceptors (Lipinski definition) is 4. The van der Waals surface area contributed by atoms with Crippen LogP contribution in [0, 0.1) is 10.1 Å². The fourth-order valence-corrected chi connectivity index (χ4v) is 1.48. The molecule has 1 aromatic carbocycles. The van der Waals surface area contributed by atoms with Crippen molar-refractivity contribution in [3.05, 3.63) is 39.9 Å². The van der Waals surface area contributed by atoms with Crippen LogP contribution >= 0.6 is 0 Å². The number of carbonyl (C=O) groups is 1. The highest BCUT2D eigenvalue weighted by molar-refractivity contribution is 5.76. The lowest BCUT2D eigenvalue weighted by atomic mass is 10.1. The molecule has 0 aliphatic rings. The fourth-order valence-electron chi connectivity index (χ4n) is 1.48. The summed E-state index contributed by atoms with van der Waals surface area (Å²) in [5, 5.41) is 13.4. The summed E-state index contributed by atoms with van der Waals surface area (Å²) in [5.41, 5.74) is 6.06. The molecular formula is C12H17N3O3. The van der Waals surface area contributed by atoms with E-state index in [1.807, 2.05) is 6.92 Å². The van der Waals surface area contributed by atoms with Crippen LogP contribution in [0.1, 0.15) is 25.3 Å². The number of hydrogen-bond donors (Lipinski definition) is 2. The van der Waals surface area contributed by atoms with E-state index in [0.717, 1.165) is 0 Å². The van der Waals surface area contributed by atoms with Gasteiger partial charge in [0.1, 0.15) is 0 Å². The third-order valence-corrected chi connectivity index (χ3v) is 2.49. The number of rotatable bonds is 6. The first-order valence-electron chi connectivity index (χ1n) is 5.75. The number of carbonyl (C=O) groups excluding carboxylic acids is 1. The van der Waals surface area contributed by atoms with Crippen LogP contribution in [0.4, 0.5) is 5.69 Å². The van der Waals surface area contributed by atoms with Gasteiger partial charge < -0.3 is 11.1 Å². The van der Waals surface area contributed by atoms with Gasteiger partial charge in [-0.05, 0) is 13.3 Å². The summed E-state index contributed by atoms with van der Waals surface area (Å²) in [5.74, 6) is -0.148. The van der Waals surface area contributed by atoms with Gasteiger partial charge in [-0.15, -0.1) is 0 Å². The van der Waals surface area contributed by atoms with Crippen LogP contribution in [0.5, 0.6) is 0 Å². The first-order valence-corrected chi connectivity index (χ1v) is 5.75. The average molecular weight is 251 g/mol. The van der Waals surface area contributed by atoms with Crippen LogP contribution in [0.25, 0.3) is 0 Å². The van der Waals surface area contributed by atoms with Gasteiger partial charge in [-0.2, -0.15) is 0 Å². The Balaban J connectivity index is 2.53. The molecule has 98 valence electrons. The standard InChI is InChI=1S/C12H17N3O3/c1-9(13)6-7-12(16)14-8-10-4-2-3-5-11(10)15(17)18/h2-5,9H,6-8,13H2,1H3,(H,14,16). The van der Waals surface area contributed by atoms with E-state index in [2.05, 4.69) is 5.32 Å². The van der Waals surface area contributed by atoms with Crippen molar-refractivity contribution in [1.82, 2.24) is 5.32 Å². The predicted molar refractivity (Wildman–Crippen MR) is 67.8 cm³/mol. The van der Waals surface area contributed by atoms with E-state index in [1.165, 1.54) is 6.07 Å². The molecule has 1 aromatic rings. The summed E-state index contributed by atoms with van der Waals surface area (Å²) in [7, 11) is 0. The van der Waals surface area contributed by atoms with E-state index in [-0.39, 0.29) is 24.2 Å². The van der Waals surface area contributed by atoms with Crippen molar-refractivity contribution >= 4 is 11.6 Å². The Morgan fingerprint density at radius 2 is 2.17 bits per heavy atom. The molecule has 1 unspecified atom stereocenters. The maximum atomic E-state index is 11.5. The molecule has 0 bridgehead atoms. The highest BCUT2D eigenvalue weighted by atomic mass is 16.6. The minimum atomic E-state index is -0.455. The number of nitrogens with one attached hydrogen (secondary N) is 1. The molecule has 6 heteroatoms. The number of nitro groups is 1. The number of para-hydroxylation sites is 1. The van der Waals surface area contributed by atoms with Crippen LogP contribution in [-0.4, -0.2) is 16.9 Å². The normalized spacial score (nSPS) is 11.9. The van der Waals surface area contributed by atoms with Gasteiger partial charge in [0.25, 0.3) is 5.69 Å². The van der Waals surface area contributed by atoms with E-state index in [4.69, 9.17) is 5.73 Å². The Bertz CT molecular complexity index is 432. The third kappa shape index (κ3) is 4.50. The molecular weight excluding hydrogens is 234 g/mol. The maximum absolute atomic E-state index is 11.5. The lowest BCUT2D eigenvalue weighted by molar-refractivity contribution is -0.385. The number of nitrogens with zero attached hydrogens (tertiary/aromatic N) is 1.